The number of nitrogens with one attached hydrogen (secondary N) is 1. The zero-order valence-electron chi connectivity index (χ0n) is 8.25. The van der Waals surface area contributed by atoms with Gasteiger partial charge in [0.25, 0.3) is 0 Å². The molecule has 1 atom stereocenters. The number of carbonyl (C=O) groups is 2. The largest absolute Gasteiger partial charge is 0.509 e. The Morgan fingerprint density at radius 3 is 3.14 bits per heavy atom. The number of rotatable bonds is 2. The van der Waals surface area contributed by atoms with Crippen LogP contribution in [-0.4, -0.2) is 37.7 Å². The molecule has 1 rings (SSSR count). The Balaban J connectivity index is 2.40. The van der Waals surface area contributed by atoms with E-state index in [0.717, 1.165) is 13.0 Å². The molecule has 1 heterocycles. The van der Waals surface area contributed by atoms with Crippen molar-refractivity contribution in [1.82, 2.24) is 5.32 Å². The van der Waals surface area contributed by atoms with Crippen LogP contribution in [0.3, 0.4) is 0 Å². The van der Waals surface area contributed by atoms with Crippen molar-refractivity contribution in [3.8, 4) is 0 Å². The third-order valence-corrected chi connectivity index (χ3v) is 1.97. The molecule has 80 valence electrons. The predicted molar refractivity (Wildman–Crippen MR) is 49.0 cm³/mol. The summed E-state index contributed by atoms with van der Waals surface area (Å²) in [7, 11) is 0. The van der Waals surface area contributed by atoms with E-state index in [2.05, 4.69) is 10.1 Å². The Morgan fingerprint density at radius 2 is 2.43 bits per heavy atom. The highest BCUT2D eigenvalue weighted by molar-refractivity contribution is 5.85. The van der Waals surface area contributed by atoms with Gasteiger partial charge in [0.1, 0.15) is 0 Å². The van der Waals surface area contributed by atoms with Gasteiger partial charge >= 0.3 is 6.16 Å². The van der Waals surface area contributed by atoms with E-state index in [0.29, 0.717) is 13.0 Å². The van der Waals surface area contributed by atoms with E-state index < -0.39 is 12.3 Å². The number of Topliss-reactive ketones (excluding diaryl/α,β-unsaturated/α-hetero) is 1. The van der Waals surface area contributed by atoms with Crippen LogP contribution < -0.4 is 5.32 Å². The first kappa shape index (κ1) is 11.0. The van der Waals surface area contributed by atoms with Crippen LogP contribution in [-0.2, 0) is 14.3 Å². The summed E-state index contributed by atoms with van der Waals surface area (Å²) in [6.45, 7) is 3.12. The summed E-state index contributed by atoms with van der Waals surface area (Å²) in [4.78, 5) is 22.3. The quantitative estimate of drug-likeness (QED) is 0.658. The molecule has 1 aliphatic rings. The van der Waals surface area contributed by atoms with Gasteiger partial charge in [-0.25, -0.2) is 4.79 Å². The van der Waals surface area contributed by atoms with Gasteiger partial charge < -0.3 is 14.8 Å². The van der Waals surface area contributed by atoms with Crippen LogP contribution in [0.1, 0.15) is 19.8 Å². The van der Waals surface area contributed by atoms with Gasteiger partial charge in [0.2, 0.25) is 0 Å². The maximum atomic E-state index is 11.4. The maximum Gasteiger partial charge on any atom is 0.509 e. The summed E-state index contributed by atoms with van der Waals surface area (Å²) in [5.74, 6) is -0.0388. The van der Waals surface area contributed by atoms with Crippen molar-refractivity contribution in [3.05, 3.63) is 0 Å². The molecule has 0 radical (unpaired) electrons. The van der Waals surface area contributed by atoms with Gasteiger partial charge in [0.15, 0.2) is 11.9 Å². The number of hydrogen-bond donors (Lipinski definition) is 1. The molecule has 0 aliphatic carbocycles. The molecule has 0 aromatic rings. The van der Waals surface area contributed by atoms with Gasteiger partial charge in [-0.2, -0.15) is 0 Å². The summed E-state index contributed by atoms with van der Waals surface area (Å²) in [6, 6.07) is 0. The van der Waals surface area contributed by atoms with Crippen LogP contribution in [0.4, 0.5) is 4.79 Å². The van der Waals surface area contributed by atoms with Gasteiger partial charge in [-0.15, -0.1) is 0 Å². The maximum absolute atomic E-state index is 11.4. The molecule has 5 heteroatoms. The smallest absolute Gasteiger partial charge is 0.435 e. The number of carbonyl (C=O) groups excluding carboxylic acids is 2. The Labute approximate surface area is 82.8 Å². The summed E-state index contributed by atoms with van der Waals surface area (Å²) >= 11 is 0. The first-order valence-corrected chi connectivity index (χ1v) is 4.81. The van der Waals surface area contributed by atoms with Crippen molar-refractivity contribution < 1.29 is 19.1 Å². The second-order valence-corrected chi connectivity index (χ2v) is 3.06. The Hall–Kier alpha value is -1.10. The summed E-state index contributed by atoms with van der Waals surface area (Å²) < 4.78 is 9.44. The van der Waals surface area contributed by atoms with Gasteiger partial charge in [0.05, 0.1) is 6.61 Å². The Morgan fingerprint density at radius 1 is 1.64 bits per heavy atom. The van der Waals surface area contributed by atoms with E-state index in [1.807, 2.05) is 0 Å². The summed E-state index contributed by atoms with van der Waals surface area (Å²) in [5, 5.41) is 3.02. The predicted octanol–water partition coefficient (Wildman–Crippen LogP) is 0.481. The highest BCUT2D eigenvalue weighted by Gasteiger charge is 2.24. The lowest BCUT2D eigenvalue weighted by Crippen LogP contribution is -2.34. The molecule has 0 saturated carbocycles. The molecule has 14 heavy (non-hydrogen) atoms. The van der Waals surface area contributed by atoms with Crippen molar-refractivity contribution in [1.29, 1.82) is 0 Å². The van der Waals surface area contributed by atoms with Crippen molar-refractivity contribution in [3.63, 3.8) is 0 Å². The SMILES string of the molecule is CCOC(=O)OC1CNCCCC1=O. The lowest BCUT2D eigenvalue weighted by Gasteiger charge is -2.13. The van der Waals surface area contributed by atoms with Crippen LogP contribution in [0.25, 0.3) is 0 Å². The Kier molecular flexibility index (Phi) is 4.39. The highest BCUT2D eigenvalue weighted by Crippen LogP contribution is 2.05. The molecular weight excluding hydrogens is 186 g/mol. The van der Waals surface area contributed by atoms with E-state index in [-0.39, 0.29) is 12.4 Å². The molecule has 1 N–H and O–H groups in total. The fourth-order valence-electron chi connectivity index (χ4n) is 1.27. The monoisotopic (exact) mass is 201 g/mol. The minimum absolute atomic E-state index is 0.0388. The number of ether oxygens (including phenoxy) is 2. The van der Waals surface area contributed by atoms with E-state index in [4.69, 9.17) is 4.74 Å². The third kappa shape index (κ3) is 3.33. The summed E-state index contributed by atoms with van der Waals surface area (Å²) in [5.41, 5.74) is 0. The second kappa shape index (κ2) is 5.59. The molecule has 1 aliphatic heterocycles. The minimum Gasteiger partial charge on any atom is -0.435 e. The Bertz CT molecular complexity index is 217. The zero-order chi connectivity index (χ0) is 10.4. The molecule has 0 aromatic heterocycles. The van der Waals surface area contributed by atoms with Crippen LogP contribution >= 0.6 is 0 Å². The normalized spacial score (nSPS) is 22.6. The van der Waals surface area contributed by atoms with Crippen molar-refractivity contribution >= 4 is 11.9 Å². The highest BCUT2D eigenvalue weighted by atomic mass is 16.7. The molecule has 1 fully saturated rings. The van der Waals surface area contributed by atoms with Crippen LogP contribution in [0.5, 0.6) is 0 Å². The first-order chi connectivity index (χ1) is 6.74. The molecule has 0 bridgehead atoms. The van der Waals surface area contributed by atoms with Crippen LogP contribution in [0.15, 0.2) is 0 Å². The van der Waals surface area contributed by atoms with Crippen molar-refractivity contribution in [2.24, 2.45) is 0 Å². The minimum atomic E-state index is -0.769. The van der Waals surface area contributed by atoms with E-state index >= 15 is 0 Å². The number of ketones is 1. The van der Waals surface area contributed by atoms with E-state index in [9.17, 15) is 9.59 Å². The fourth-order valence-corrected chi connectivity index (χ4v) is 1.27. The van der Waals surface area contributed by atoms with Crippen LogP contribution in [0.2, 0.25) is 0 Å². The van der Waals surface area contributed by atoms with Crippen molar-refractivity contribution in [2.45, 2.75) is 25.9 Å². The molecule has 0 spiro atoms. The number of hydrogen-bond acceptors (Lipinski definition) is 5. The fraction of sp³-hybridized carbons (Fsp3) is 0.778. The van der Waals surface area contributed by atoms with Crippen LogP contribution in [0, 0.1) is 0 Å². The molecule has 1 saturated heterocycles. The van der Waals surface area contributed by atoms with E-state index in [1.54, 1.807) is 6.92 Å². The van der Waals surface area contributed by atoms with Gasteiger partial charge in [0, 0.05) is 13.0 Å². The molecule has 0 aromatic carbocycles. The average Bonchev–Trinajstić information content (AvgIpc) is 2.33. The molecule has 1 unspecified atom stereocenters. The van der Waals surface area contributed by atoms with Gasteiger partial charge in [-0.3, -0.25) is 4.79 Å². The van der Waals surface area contributed by atoms with Crippen molar-refractivity contribution in [2.75, 3.05) is 19.7 Å². The topological polar surface area (TPSA) is 64.6 Å². The van der Waals surface area contributed by atoms with Gasteiger partial charge in [-0.05, 0) is 19.9 Å². The lowest BCUT2D eigenvalue weighted by molar-refractivity contribution is -0.127. The molecular formula is C9H15NO4. The third-order valence-electron chi connectivity index (χ3n) is 1.97. The standard InChI is InChI=1S/C9H15NO4/c1-2-13-9(12)14-8-6-10-5-3-4-7(8)11/h8,10H,2-6H2,1H3. The first-order valence-electron chi connectivity index (χ1n) is 4.81. The average molecular weight is 201 g/mol. The lowest BCUT2D eigenvalue weighted by atomic mass is 10.1. The second-order valence-electron chi connectivity index (χ2n) is 3.06. The zero-order valence-corrected chi connectivity index (χ0v) is 8.25. The summed E-state index contributed by atoms with van der Waals surface area (Å²) in [6.07, 6.45) is -0.204. The molecule has 5 nitrogen and oxygen atoms in total. The molecule has 0 amide bonds. The van der Waals surface area contributed by atoms with E-state index in [1.165, 1.54) is 0 Å². The van der Waals surface area contributed by atoms with Gasteiger partial charge in [-0.1, -0.05) is 0 Å².